The minimum absolute atomic E-state index is 0.0811. The van der Waals surface area contributed by atoms with Crippen molar-refractivity contribution in [2.45, 2.75) is 24.8 Å². The molecule has 0 saturated heterocycles. The van der Waals surface area contributed by atoms with E-state index in [2.05, 4.69) is 0 Å². The maximum Gasteiger partial charge on any atom is 0.331 e. The Labute approximate surface area is 81.3 Å². The molecule has 0 unspecified atom stereocenters. The van der Waals surface area contributed by atoms with Crippen molar-refractivity contribution in [2.75, 3.05) is 13.2 Å². The van der Waals surface area contributed by atoms with Crippen molar-refractivity contribution < 1.29 is 19.1 Å². The summed E-state index contributed by atoms with van der Waals surface area (Å²) >= 11 is 0. The van der Waals surface area contributed by atoms with Gasteiger partial charge in [0.2, 0.25) is 0 Å². The molecule has 6 heteroatoms. The number of Topliss-reactive ketones (excluding diaryl/α,β-unsaturated/α-hetero) is 1. The van der Waals surface area contributed by atoms with E-state index < -0.39 is 24.0 Å². The topological polar surface area (TPSA) is 106 Å². The predicted molar refractivity (Wildman–Crippen MR) is 48.4 cm³/mol. The molecule has 5 nitrogen and oxygen atoms in total. The highest BCUT2D eigenvalue weighted by Gasteiger charge is 2.40. The Kier molecular flexibility index (Phi) is 5.26. The number of carboxylic acids is 1. The fourth-order valence-electron chi connectivity index (χ4n) is 1.03. The molecule has 0 heterocycles. The zero-order valence-electron chi connectivity index (χ0n) is 7.83. The van der Waals surface area contributed by atoms with Crippen LogP contribution in [0.3, 0.4) is 0 Å². The zero-order valence-corrected chi connectivity index (χ0v) is 7.83. The zero-order chi connectivity index (χ0) is 11.2. The van der Waals surface area contributed by atoms with Gasteiger partial charge in [-0.1, -0.05) is 0 Å². The van der Waals surface area contributed by atoms with Crippen LogP contribution in [0.15, 0.2) is 0 Å². The van der Waals surface area contributed by atoms with Gasteiger partial charge < -0.3 is 16.6 Å². The van der Waals surface area contributed by atoms with Gasteiger partial charge in [0, 0.05) is 0 Å². The van der Waals surface area contributed by atoms with Gasteiger partial charge >= 0.3 is 5.97 Å². The lowest BCUT2D eigenvalue weighted by molar-refractivity contribution is -0.149. The van der Waals surface area contributed by atoms with Gasteiger partial charge in [-0.25, -0.2) is 9.18 Å². The third kappa shape index (κ3) is 3.04. The molecule has 14 heavy (non-hydrogen) atoms. The van der Waals surface area contributed by atoms with Crippen LogP contribution in [-0.2, 0) is 9.59 Å². The first kappa shape index (κ1) is 13.0. The summed E-state index contributed by atoms with van der Waals surface area (Å²) in [5, 5.41) is 8.69. The van der Waals surface area contributed by atoms with Crippen molar-refractivity contribution in [3.8, 4) is 0 Å². The Morgan fingerprint density at radius 1 is 1.36 bits per heavy atom. The fourth-order valence-corrected chi connectivity index (χ4v) is 1.03. The minimum atomic E-state index is -2.09. The highest BCUT2D eigenvalue weighted by Crippen LogP contribution is 2.13. The standard InChI is InChI=1S/C8H15FN2O3/c9-5-6(12)8(11,7(13)14)3-1-2-4-10/h1-5,10-11H2,(H,13,14)/t8-/m1/s1. The van der Waals surface area contributed by atoms with Gasteiger partial charge in [0.25, 0.3) is 0 Å². The molecular weight excluding hydrogens is 191 g/mol. The van der Waals surface area contributed by atoms with Gasteiger partial charge in [0.1, 0.15) is 0 Å². The van der Waals surface area contributed by atoms with E-state index in [0.29, 0.717) is 19.4 Å². The number of aliphatic carboxylic acids is 1. The number of carboxylic acid groups (broad SMARTS) is 1. The normalized spacial score (nSPS) is 14.8. The lowest BCUT2D eigenvalue weighted by Crippen LogP contribution is -2.55. The number of rotatable bonds is 7. The van der Waals surface area contributed by atoms with Gasteiger partial charge in [-0.2, -0.15) is 0 Å². The molecule has 0 saturated carbocycles. The van der Waals surface area contributed by atoms with Crippen LogP contribution in [0.1, 0.15) is 19.3 Å². The van der Waals surface area contributed by atoms with Crippen LogP contribution < -0.4 is 11.5 Å². The molecule has 0 aromatic carbocycles. The first-order chi connectivity index (χ1) is 6.49. The molecule has 0 rings (SSSR count). The summed E-state index contributed by atoms with van der Waals surface area (Å²) in [6.45, 7) is -0.967. The molecule has 0 bridgehead atoms. The first-order valence-electron chi connectivity index (χ1n) is 4.30. The lowest BCUT2D eigenvalue weighted by Gasteiger charge is -2.21. The lowest BCUT2D eigenvalue weighted by atomic mass is 9.89. The van der Waals surface area contributed by atoms with Gasteiger partial charge in [-0.05, 0) is 25.8 Å². The number of nitrogens with two attached hydrogens (primary N) is 2. The van der Waals surface area contributed by atoms with Crippen LogP contribution >= 0.6 is 0 Å². The summed E-state index contributed by atoms with van der Waals surface area (Å²) in [5.41, 5.74) is 8.41. The smallest absolute Gasteiger partial charge is 0.331 e. The molecule has 1 atom stereocenters. The summed E-state index contributed by atoms with van der Waals surface area (Å²) in [5.74, 6) is -2.58. The van der Waals surface area contributed by atoms with Crippen molar-refractivity contribution in [1.29, 1.82) is 0 Å². The second-order valence-corrected chi connectivity index (χ2v) is 3.08. The molecule has 0 aromatic heterocycles. The minimum Gasteiger partial charge on any atom is -0.480 e. The average Bonchev–Trinajstić information content (AvgIpc) is 2.16. The second-order valence-electron chi connectivity index (χ2n) is 3.08. The van der Waals surface area contributed by atoms with Crippen LogP contribution in [0.25, 0.3) is 0 Å². The van der Waals surface area contributed by atoms with E-state index in [1.54, 1.807) is 0 Å². The van der Waals surface area contributed by atoms with Crippen LogP contribution in [0, 0.1) is 0 Å². The predicted octanol–water partition coefficient (Wildman–Crippen LogP) is -0.564. The third-order valence-corrected chi connectivity index (χ3v) is 2.03. The van der Waals surface area contributed by atoms with E-state index in [0.717, 1.165) is 0 Å². The molecule has 0 aliphatic carbocycles. The maximum absolute atomic E-state index is 12.0. The number of ketones is 1. The third-order valence-electron chi connectivity index (χ3n) is 2.03. The van der Waals surface area contributed by atoms with Gasteiger partial charge in [-0.3, -0.25) is 4.79 Å². The number of carbonyl (C=O) groups excluding carboxylic acids is 1. The quantitative estimate of drug-likeness (QED) is 0.382. The van der Waals surface area contributed by atoms with Crippen molar-refractivity contribution in [2.24, 2.45) is 11.5 Å². The number of unbranched alkanes of at least 4 members (excludes halogenated alkanes) is 1. The van der Waals surface area contributed by atoms with Crippen molar-refractivity contribution in [1.82, 2.24) is 0 Å². The Hall–Kier alpha value is -1.01. The number of carbonyl (C=O) groups is 2. The summed E-state index contributed by atoms with van der Waals surface area (Å²) in [6, 6.07) is 0. The number of hydrogen-bond acceptors (Lipinski definition) is 4. The molecule has 82 valence electrons. The molecule has 0 aromatic rings. The molecule has 0 radical (unpaired) electrons. The Morgan fingerprint density at radius 2 is 1.93 bits per heavy atom. The molecule has 0 aliphatic heterocycles. The number of hydrogen-bond donors (Lipinski definition) is 3. The highest BCUT2D eigenvalue weighted by molar-refractivity contribution is 6.08. The van der Waals surface area contributed by atoms with Crippen LogP contribution in [0.5, 0.6) is 0 Å². The van der Waals surface area contributed by atoms with Gasteiger partial charge in [0.15, 0.2) is 18.0 Å². The largest absolute Gasteiger partial charge is 0.480 e. The number of alkyl halides is 1. The monoisotopic (exact) mass is 206 g/mol. The van der Waals surface area contributed by atoms with Crippen LogP contribution in [0.2, 0.25) is 0 Å². The summed E-state index contributed by atoms with van der Waals surface area (Å²) < 4.78 is 12.0. The van der Waals surface area contributed by atoms with Gasteiger partial charge in [-0.15, -0.1) is 0 Å². The average molecular weight is 206 g/mol. The van der Waals surface area contributed by atoms with E-state index in [1.165, 1.54) is 0 Å². The van der Waals surface area contributed by atoms with Crippen LogP contribution in [0.4, 0.5) is 4.39 Å². The Morgan fingerprint density at radius 3 is 2.29 bits per heavy atom. The van der Waals surface area contributed by atoms with Gasteiger partial charge in [0.05, 0.1) is 0 Å². The summed E-state index contributed by atoms with van der Waals surface area (Å²) in [4.78, 5) is 21.6. The molecule has 5 N–H and O–H groups in total. The second kappa shape index (κ2) is 5.66. The number of halogens is 1. The highest BCUT2D eigenvalue weighted by atomic mass is 19.1. The van der Waals surface area contributed by atoms with Crippen molar-refractivity contribution in [3.63, 3.8) is 0 Å². The van der Waals surface area contributed by atoms with E-state index in [1.807, 2.05) is 0 Å². The van der Waals surface area contributed by atoms with E-state index >= 15 is 0 Å². The van der Waals surface area contributed by atoms with Crippen LogP contribution in [-0.4, -0.2) is 35.6 Å². The molecular formula is C8H15FN2O3. The maximum atomic E-state index is 12.0. The molecule has 0 aliphatic rings. The molecule has 0 spiro atoms. The molecule has 0 amide bonds. The fraction of sp³-hybridized carbons (Fsp3) is 0.750. The summed E-state index contributed by atoms with van der Waals surface area (Å²) in [7, 11) is 0. The van der Waals surface area contributed by atoms with E-state index in [9.17, 15) is 14.0 Å². The van der Waals surface area contributed by atoms with E-state index in [4.69, 9.17) is 16.6 Å². The molecule has 0 fully saturated rings. The van der Waals surface area contributed by atoms with E-state index in [-0.39, 0.29) is 6.42 Å². The SMILES string of the molecule is NCCCC[C@](N)(C(=O)O)C(=O)CF. The Bertz CT molecular complexity index is 223. The summed E-state index contributed by atoms with van der Waals surface area (Å²) in [6.07, 6.45) is 0.874. The first-order valence-corrected chi connectivity index (χ1v) is 4.30. The Balaban J connectivity index is 4.40. The van der Waals surface area contributed by atoms with Crippen molar-refractivity contribution in [3.05, 3.63) is 0 Å². The van der Waals surface area contributed by atoms with Crippen molar-refractivity contribution >= 4 is 11.8 Å².